The molecule has 0 aliphatic carbocycles. The Morgan fingerprint density at radius 1 is 1.15 bits per heavy atom. The Hall–Kier alpha value is -2.40. The lowest BCUT2D eigenvalue weighted by molar-refractivity contribution is 0.202. The molecular weight excluding hydrogens is 278 g/mol. The molecule has 5 nitrogen and oxygen atoms in total. The van der Waals surface area contributed by atoms with E-state index in [0.29, 0.717) is 11.4 Å². The minimum atomic E-state index is -1.13. The SMILES string of the molecule is CC(=NN(C(=O)O)c1ccccc1)c1ccncc1.Cl. The third kappa shape index (κ3) is 3.80. The third-order valence-corrected chi connectivity index (χ3v) is 2.53. The largest absolute Gasteiger partial charge is 0.463 e. The van der Waals surface area contributed by atoms with E-state index in [-0.39, 0.29) is 12.4 Å². The highest BCUT2D eigenvalue weighted by Gasteiger charge is 2.13. The Morgan fingerprint density at radius 2 is 1.75 bits per heavy atom. The van der Waals surface area contributed by atoms with Crippen LogP contribution >= 0.6 is 12.4 Å². The molecule has 6 heteroatoms. The Labute approximate surface area is 123 Å². The number of halogens is 1. The molecule has 0 bridgehead atoms. The molecule has 1 aromatic heterocycles. The average molecular weight is 292 g/mol. The molecule has 2 rings (SSSR count). The monoisotopic (exact) mass is 291 g/mol. The van der Waals surface area contributed by atoms with E-state index in [1.807, 2.05) is 6.07 Å². The van der Waals surface area contributed by atoms with Gasteiger partial charge in [0.2, 0.25) is 0 Å². The zero-order chi connectivity index (χ0) is 13.7. The van der Waals surface area contributed by atoms with Crippen molar-refractivity contribution in [1.29, 1.82) is 0 Å². The van der Waals surface area contributed by atoms with Crippen molar-refractivity contribution in [2.24, 2.45) is 5.10 Å². The fraction of sp³-hybridized carbons (Fsp3) is 0.0714. The van der Waals surface area contributed by atoms with Gasteiger partial charge in [-0.2, -0.15) is 10.1 Å². The minimum absolute atomic E-state index is 0. The lowest BCUT2D eigenvalue weighted by Crippen LogP contribution is -2.24. The van der Waals surface area contributed by atoms with Crippen LogP contribution in [0.3, 0.4) is 0 Å². The summed E-state index contributed by atoms with van der Waals surface area (Å²) in [5, 5.41) is 14.3. The number of hydrazone groups is 1. The van der Waals surface area contributed by atoms with Crippen molar-refractivity contribution in [3.05, 3.63) is 60.4 Å². The smallest absolute Gasteiger partial charge is 0.432 e. The average Bonchev–Trinajstić information content (AvgIpc) is 2.46. The number of carboxylic acid groups (broad SMARTS) is 1. The van der Waals surface area contributed by atoms with Crippen LogP contribution in [0.1, 0.15) is 12.5 Å². The molecule has 104 valence electrons. The van der Waals surface area contributed by atoms with Gasteiger partial charge in [0, 0.05) is 18.0 Å². The van der Waals surface area contributed by atoms with E-state index in [4.69, 9.17) is 0 Å². The molecule has 1 aromatic carbocycles. The van der Waals surface area contributed by atoms with Gasteiger partial charge in [-0.25, -0.2) is 4.79 Å². The second-order valence-corrected chi connectivity index (χ2v) is 3.85. The van der Waals surface area contributed by atoms with Crippen molar-refractivity contribution >= 4 is 29.9 Å². The maximum Gasteiger partial charge on any atom is 0.432 e. The summed E-state index contributed by atoms with van der Waals surface area (Å²) >= 11 is 0. The fourth-order valence-electron chi connectivity index (χ4n) is 1.58. The summed E-state index contributed by atoms with van der Waals surface area (Å²) in [5.41, 5.74) is 1.94. The van der Waals surface area contributed by atoms with Crippen LogP contribution in [-0.2, 0) is 0 Å². The number of para-hydroxylation sites is 1. The summed E-state index contributed by atoms with van der Waals surface area (Å²) < 4.78 is 0. The van der Waals surface area contributed by atoms with Gasteiger partial charge in [0.1, 0.15) is 0 Å². The predicted molar refractivity (Wildman–Crippen MR) is 80.6 cm³/mol. The van der Waals surface area contributed by atoms with Gasteiger partial charge in [-0.1, -0.05) is 18.2 Å². The maximum absolute atomic E-state index is 11.3. The summed E-state index contributed by atoms with van der Waals surface area (Å²) in [6.07, 6.45) is 2.16. The molecule has 0 radical (unpaired) electrons. The Bertz CT molecular complexity index is 588. The third-order valence-electron chi connectivity index (χ3n) is 2.53. The number of hydrogen-bond donors (Lipinski definition) is 1. The lowest BCUT2D eigenvalue weighted by Gasteiger charge is -2.14. The number of benzene rings is 1. The molecule has 2 aromatic rings. The molecular formula is C14H14ClN3O2. The zero-order valence-corrected chi connectivity index (χ0v) is 11.6. The highest BCUT2D eigenvalue weighted by atomic mass is 35.5. The van der Waals surface area contributed by atoms with Crippen LogP contribution in [0.4, 0.5) is 10.5 Å². The Morgan fingerprint density at radius 3 is 2.30 bits per heavy atom. The molecule has 1 N–H and O–H groups in total. The molecule has 0 fully saturated rings. The number of hydrogen-bond acceptors (Lipinski definition) is 3. The van der Waals surface area contributed by atoms with Gasteiger partial charge >= 0.3 is 6.09 Å². The van der Waals surface area contributed by atoms with Crippen molar-refractivity contribution in [2.45, 2.75) is 6.92 Å². The first-order valence-electron chi connectivity index (χ1n) is 5.72. The molecule has 1 amide bonds. The van der Waals surface area contributed by atoms with Crippen LogP contribution in [-0.4, -0.2) is 21.9 Å². The van der Waals surface area contributed by atoms with Gasteiger partial charge in [0.15, 0.2) is 0 Å². The molecule has 0 saturated heterocycles. The van der Waals surface area contributed by atoms with Gasteiger partial charge in [0.05, 0.1) is 11.4 Å². The normalized spacial score (nSPS) is 10.6. The summed E-state index contributed by atoms with van der Waals surface area (Å²) in [6, 6.07) is 12.3. The van der Waals surface area contributed by atoms with Crippen LogP contribution in [0.25, 0.3) is 0 Å². The number of aromatic nitrogens is 1. The highest BCUT2D eigenvalue weighted by Crippen LogP contribution is 2.15. The number of anilines is 1. The van der Waals surface area contributed by atoms with Gasteiger partial charge < -0.3 is 5.11 Å². The molecule has 0 aliphatic heterocycles. The molecule has 0 spiro atoms. The van der Waals surface area contributed by atoms with Crippen LogP contribution < -0.4 is 5.01 Å². The molecule has 20 heavy (non-hydrogen) atoms. The van der Waals surface area contributed by atoms with Crippen molar-refractivity contribution in [2.75, 3.05) is 5.01 Å². The summed E-state index contributed by atoms with van der Waals surface area (Å²) in [5.74, 6) is 0. The van der Waals surface area contributed by atoms with Crippen molar-refractivity contribution in [1.82, 2.24) is 4.98 Å². The quantitative estimate of drug-likeness (QED) is 0.696. The van der Waals surface area contributed by atoms with Gasteiger partial charge in [-0.05, 0) is 31.2 Å². The van der Waals surface area contributed by atoms with E-state index in [9.17, 15) is 9.90 Å². The number of rotatable bonds is 3. The second kappa shape index (κ2) is 7.25. The van der Waals surface area contributed by atoms with E-state index in [0.717, 1.165) is 10.6 Å². The Kier molecular flexibility index (Phi) is 5.68. The highest BCUT2D eigenvalue weighted by molar-refractivity contribution is 6.01. The first kappa shape index (κ1) is 15.7. The van der Waals surface area contributed by atoms with Gasteiger partial charge in [-0.15, -0.1) is 12.4 Å². The number of amides is 1. The van der Waals surface area contributed by atoms with Crippen molar-refractivity contribution in [3.63, 3.8) is 0 Å². The topological polar surface area (TPSA) is 65.8 Å². The maximum atomic E-state index is 11.3. The summed E-state index contributed by atoms with van der Waals surface area (Å²) in [6.45, 7) is 1.76. The first-order valence-corrected chi connectivity index (χ1v) is 5.72. The van der Waals surface area contributed by atoms with Crippen LogP contribution in [0.15, 0.2) is 60.0 Å². The van der Waals surface area contributed by atoms with E-state index < -0.39 is 6.09 Å². The molecule has 1 heterocycles. The van der Waals surface area contributed by atoms with Gasteiger partial charge in [0.25, 0.3) is 0 Å². The summed E-state index contributed by atoms with van der Waals surface area (Å²) in [7, 11) is 0. The van der Waals surface area contributed by atoms with Crippen LogP contribution in [0.2, 0.25) is 0 Å². The van der Waals surface area contributed by atoms with Crippen molar-refractivity contribution in [3.8, 4) is 0 Å². The minimum Gasteiger partial charge on any atom is -0.463 e. The van der Waals surface area contributed by atoms with E-state index >= 15 is 0 Å². The number of carbonyl (C=O) groups is 1. The summed E-state index contributed by atoms with van der Waals surface area (Å²) in [4.78, 5) is 15.2. The Balaban J connectivity index is 0.00000200. The van der Waals surface area contributed by atoms with E-state index in [1.54, 1.807) is 55.7 Å². The number of pyridine rings is 1. The molecule has 0 unspecified atom stereocenters. The zero-order valence-electron chi connectivity index (χ0n) is 10.8. The van der Waals surface area contributed by atoms with E-state index in [1.165, 1.54) is 0 Å². The second-order valence-electron chi connectivity index (χ2n) is 3.85. The standard InChI is InChI=1S/C14H13N3O2.ClH/c1-11(12-7-9-15-10-8-12)16-17(14(18)19)13-5-3-2-4-6-13;/h2-10H,1H3,(H,18,19);1H. The fourth-order valence-corrected chi connectivity index (χ4v) is 1.58. The van der Waals surface area contributed by atoms with E-state index in [2.05, 4.69) is 10.1 Å². The lowest BCUT2D eigenvalue weighted by atomic mass is 10.2. The first-order chi connectivity index (χ1) is 9.18. The predicted octanol–water partition coefficient (Wildman–Crippen LogP) is 3.41. The number of nitrogens with zero attached hydrogens (tertiary/aromatic N) is 3. The van der Waals surface area contributed by atoms with Crippen molar-refractivity contribution < 1.29 is 9.90 Å². The molecule has 0 atom stereocenters. The molecule has 0 aliphatic rings. The van der Waals surface area contributed by atoms with Gasteiger partial charge in [-0.3, -0.25) is 4.98 Å². The molecule has 0 saturated carbocycles. The van der Waals surface area contributed by atoms with Crippen LogP contribution in [0, 0.1) is 0 Å². The van der Waals surface area contributed by atoms with Crippen LogP contribution in [0.5, 0.6) is 0 Å².